The summed E-state index contributed by atoms with van der Waals surface area (Å²) < 4.78 is 27.4. The fraction of sp³-hybridized carbons (Fsp3) is 0. The molecular formula is C24H18F2S. The van der Waals surface area contributed by atoms with Gasteiger partial charge in [-0.1, -0.05) is 36.4 Å². The van der Waals surface area contributed by atoms with Gasteiger partial charge < -0.3 is 0 Å². The van der Waals surface area contributed by atoms with Gasteiger partial charge in [0, 0.05) is 19.6 Å². The summed E-state index contributed by atoms with van der Waals surface area (Å²) in [4.78, 5) is 4.25. The van der Waals surface area contributed by atoms with Gasteiger partial charge in [0.15, 0.2) is 0 Å². The number of benzene rings is 4. The van der Waals surface area contributed by atoms with E-state index >= 15 is 0 Å². The average molecular weight is 376 g/mol. The first-order valence-corrected chi connectivity index (χ1v) is 10.3. The first-order chi connectivity index (χ1) is 13.2. The van der Waals surface area contributed by atoms with Crippen molar-refractivity contribution in [3.63, 3.8) is 0 Å². The van der Waals surface area contributed by atoms with Gasteiger partial charge in [0.25, 0.3) is 0 Å². The molecule has 0 saturated heterocycles. The minimum atomic E-state index is -1.88. The Morgan fingerprint density at radius 2 is 0.667 bits per heavy atom. The molecule has 0 nitrogen and oxygen atoms in total. The van der Waals surface area contributed by atoms with E-state index in [-0.39, 0.29) is 11.6 Å². The quantitative estimate of drug-likeness (QED) is 0.350. The highest BCUT2D eigenvalue weighted by Gasteiger charge is 2.33. The summed E-state index contributed by atoms with van der Waals surface area (Å²) in [5.41, 5.74) is 0. The molecule has 0 bridgehead atoms. The lowest BCUT2D eigenvalue weighted by Gasteiger charge is -2.42. The monoisotopic (exact) mass is 376 g/mol. The number of halogens is 2. The molecule has 4 aromatic rings. The SMILES string of the molecule is Fc1ccc(S(c2ccccc2)(c2ccccc2)c2ccc(F)cc2)cc1. The lowest BCUT2D eigenvalue weighted by atomic mass is 10.3. The van der Waals surface area contributed by atoms with Crippen molar-refractivity contribution < 1.29 is 8.78 Å². The lowest BCUT2D eigenvalue weighted by Crippen LogP contribution is -2.05. The second kappa shape index (κ2) is 7.37. The normalized spacial score (nSPS) is 11.9. The molecule has 4 aromatic carbocycles. The van der Waals surface area contributed by atoms with E-state index in [9.17, 15) is 8.78 Å². The van der Waals surface area contributed by atoms with Gasteiger partial charge in [-0.25, -0.2) is 8.78 Å². The van der Waals surface area contributed by atoms with E-state index in [1.165, 1.54) is 24.3 Å². The average Bonchev–Trinajstić information content (AvgIpc) is 2.73. The van der Waals surface area contributed by atoms with Crippen LogP contribution in [0.5, 0.6) is 0 Å². The third-order valence-corrected chi connectivity index (χ3v) is 8.44. The van der Waals surface area contributed by atoms with Gasteiger partial charge in [-0.05, 0) is 72.8 Å². The predicted octanol–water partition coefficient (Wildman–Crippen LogP) is 7.31. The molecule has 0 aliphatic heterocycles. The maximum atomic E-state index is 13.7. The first kappa shape index (κ1) is 17.5. The van der Waals surface area contributed by atoms with Crippen LogP contribution in [0.4, 0.5) is 8.78 Å². The predicted molar refractivity (Wildman–Crippen MR) is 106 cm³/mol. The Balaban J connectivity index is 2.11. The largest absolute Gasteiger partial charge is 0.207 e. The third-order valence-electron chi connectivity index (χ3n) is 4.53. The lowest BCUT2D eigenvalue weighted by molar-refractivity contribution is 0.626. The Labute approximate surface area is 159 Å². The molecule has 0 aliphatic carbocycles. The molecule has 0 amide bonds. The fourth-order valence-corrected chi connectivity index (χ4v) is 7.20. The van der Waals surface area contributed by atoms with Crippen LogP contribution in [0.25, 0.3) is 0 Å². The van der Waals surface area contributed by atoms with Crippen molar-refractivity contribution in [2.24, 2.45) is 0 Å². The minimum absolute atomic E-state index is 0.271. The van der Waals surface area contributed by atoms with Crippen LogP contribution in [0.2, 0.25) is 0 Å². The Hall–Kier alpha value is -2.91. The fourth-order valence-electron chi connectivity index (χ4n) is 3.34. The van der Waals surface area contributed by atoms with E-state index in [1.54, 1.807) is 0 Å². The van der Waals surface area contributed by atoms with E-state index in [4.69, 9.17) is 0 Å². The van der Waals surface area contributed by atoms with Gasteiger partial charge >= 0.3 is 0 Å². The van der Waals surface area contributed by atoms with Crippen LogP contribution in [0, 0.1) is 11.6 Å². The summed E-state index contributed by atoms with van der Waals surface area (Å²) in [7, 11) is -1.88. The van der Waals surface area contributed by atoms with Crippen molar-refractivity contribution >= 4 is 10.0 Å². The summed E-state index contributed by atoms with van der Waals surface area (Å²) in [6, 6.07) is 33.7. The molecule has 0 saturated carbocycles. The standard InChI is InChI=1S/C24H18F2S/c25-19-11-15-23(16-12-19)27(21-7-3-1-4-8-21,22-9-5-2-6-10-22)24-17-13-20(26)14-18-24/h1-18H. The number of rotatable bonds is 4. The van der Waals surface area contributed by atoms with Gasteiger partial charge in [-0.15, -0.1) is 10.0 Å². The molecule has 0 aromatic heterocycles. The van der Waals surface area contributed by atoms with Crippen LogP contribution in [0.15, 0.2) is 129 Å². The van der Waals surface area contributed by atoms with Crippen LogP contribution >= 0.6 is 10.0 Å². The van der Waals surface area contributed by atoms with Gasteiger partial charge in [0.2, 0.25) is 0 Å². The van der Waals surface area contributed by atoms with Crippen LogP contribution in [-0.4, -0.2) is 0 Å². The number of hydrogen-bond acceptors (Lipinski definition) is 0. The maximum absolute atomic E-state index is 13.7. The van der Waals surface area contributed by atoms with Gasteiger partial charge in [-0.3, -0.25) is 0 Å². The van der Waals surface area contributed by atoms with E-state index in [0.29, 0.717) is 0 Å². The van der Waals surface area contributed by atoms with Crippen LogP contribution in [-0.2, 0) is 0 Å². The van der Waals surface area contributed by atoms with E-state index in [1.807, 2.05) is 60.7 Å². The zero-order valence-corrected chi connectivity index (χ0v) is 15.4. The highest BCUT2D eigenvalue weighted by Crippen LogP contribution is 2.73. The van der Waals surface area contributed by atoms with Crippen LogP contribution < -0.4 is 0 Å². The number of hydrogen-bond donors (Lipinski definition) is 0. The van der Waals surface area contributed by atoms with Crippen LogP contribution in [0.3, 0.4) is 0 Å². The molecule has 0 aliphatic rings. The molecule has 27 heavy (non-hydrogen) atoms. The van der Waals surface area contributed by atoms with Crippen LogP contribution in [0.1, 0.15) is 0 Å². The maximum Gasteiger partial charge on any atom is 0.123 e. The van der Waals surface area contributed by atoms with E-state index in [0.717, 1.165) is 19.6 Å². The summed E-state index contributed by atoms with van der Waals surface area (Å²) in [6.07, 6.45) is 0. The van der Waals surface area contributed by atoms with Gasteiger partial charge in [-0.2, -0.15) is 0 Å². The van der Waals surface area contributed by atoms with Crippen molar-refractivity contribution in [3.8, 4) is 0 Å². The Bertz CT molecular complexity index is 924. The molecule has 0 heterocycles. The summed E-state index contributed by atoms with van der Waals surface area (Å²) in [5, 5.41) is 0. The van der Waals surface area contributed by atoms with Crippen molar-refractivity contribution in [1.82, 2.24) is 0 Å². The molecule has 0 atom stereocenters. The van der Waals surface area contributed by atoms with Crippen molar-refractivity contribution in [1.29, 1.82) is 0 Å². The molecule has 0 unspecified atom stereocenters. The smallest absolute Gasteiger partial charge is 0.123 e. The summed E-state index contributed by atoms with van der Waals surface area (Å²) in [6.45, 7) is 0. The highest BCUT2D eigenvalue weighted by atomic mass is 32.3. The Morgan fingerprint density at radius 3 is 1.00 bits per heavy atom. The molecule has 134 valence electrons. The Kier molecular flexibility index (Phi) is 4.78. The molecule has 3 heteroatoms. The van der Waals surface area contributed by atoms with Gasteiger partial charge in [0.05, 0.1) is 0 Å². The third kappa shape index (κ3) is 3.15. The second-order valence-corrected chi connectivity index (χ2v) is 9.26. The van der Waals surface area contributed by atoms with E-state index < -0.39 is 10.0 Å². The second-order valence-electron chi connectivity index (χ2n) is 6.15. The molecule has 4 rings (SSSR count). The zero-order valence-electron chi connectivity index (χ0n) is 14.6. The molecule has 0 fully saturated rings. The summed E-state index contributed by atoms with van der Waals surface area (Å²) >= 11 is 0. The minimum Gasteiger partial charge on any atom is -0.207 e. The summed E-state index contributed by atoms with van der Waals surface area (Å²) in [5.74, 6) is -0.542. The van der Waals surface area contributed by atoms with Gasteiger partial charge in [0.1, 0.15) is 11.6 Å². The Morgan fingerprint density at radius 1 is 0.370 bits per heavy atom. The van der Waals surface area contributed by atoms with E-state index in [2.05, 4.69) is 24.3 Å². The molecular weight excluding hydrogens is 358 g/mol. The van der Waals surface area contributed by atoms with Crippen molar-refractivity contribution in [2.45, 2.75) is 19.6 Å². The molecule has 0 N–H and O–H groups in total. The van der Waals surface area contributed by atoms with Crippen molar-refractivity contribution in [2.75, 3.05) is 0 Å². The first-order valence-electron chi connectivity index (χ1n) is 8.66. The topological polar surface area (TPSA) is 0 Å². The highest BCUT2D eigenvalue weighted by molar-refractivity contribution is 8.34. The van der Waals surface area contributed by atoms with Crippen molar-refractivity contribution in [3.05, 3.63) is 121 Å². The molecule has 0 spiro atoms. The zero-order chi connectivity index (χ0) is 18.7. The molecule has 0 radical (unpaired) electrons.